The number of anilines is 1. The summed E-state index contributed by atoms with van der Waals surface area (Å²) in [6.45, 7) is 8.71. The molecule has 0 atom stereocenters. The number of rotatable bonds is 9. The van der Waals surface area contributed by atoms with Gasteiger partial charge in [-0.2, -0.15) is 5.10 Å². The van der Waals surface area contributed by atoms with Gasteiger partial charge >= 0.3 is 6.03 Å². The molecule has 2 rings (SSSR count). The number of aryl methyl sites for hydroxylation is 1. The molecule has 2 aromatic rings. The molecule has 0 aliphatic carbocycles. The molecule has 26 heavy (non-hydrogen) atoms. The first-order valence-electron chi connectivity index (χ1n) is 8.79. The molecule has 0 spiro atoms. The second-order valence-corrected chi connectivity index (χ2v) is 5.97. The van der Waals surface area contributed by atoms with E-state index in [0.717, 1.165) is 28.2 Å². The molecule has 0 saturated heterocycles. The predicted molar refractivity (Wildman–Crippen MR) is 101 cm³/mol. The van der Waals surface area contributed by atoms with E-state index in [-0.39, 0.29) is 6.03 Å². The van der Waals surface area contributed by atoms with Crippen LogP contribution in [0.4, 0.5) is 10.5 Å². The zero-order chi connectivity index (χ0) is 18.9. The maximum atomic E-state index is 12.3. The van der Waals surface area contributed by atoms with Crippen LogP contribution in [-0.2, 0) is 29.2 Å². The number of nitrogens with one attached hydrogen (secondary N) is 2. The van der Waals surface area contributed by atoms with Crippen molar-refractivity contribution < 1.29 is 14.3 Å². The third kappa shape index (κ3) is 5.31. The molecule has 0 radical (unpaired) electrons. The number of methoxy groups -OCH3 is 1. The molecule has 0 aliphatic heterocycles. The number of para-hydroxylation sites is 1. The second-order valence-electron chi connectivity index (χ2n) is 5.97. The van der Waals surface area contributed by atoms with Gasteiger partial charge in [0.2, 0.25) is 0 Å². The van der Waals surface area contributed by atoms with Crippen molar-refractivity contribution in [1.82, 2.24) is 15.1 Å². The zero-order valence-corrected chi connectivity index (χ0v) is 16.0. The van der Waals surface area contributed by atoms with Crippen LogP contribution in [0.15, 0.2) is 24.3 Å². The summed E-state index contributed by atoms with van der Waals surface area (Å²) >= 11 is 0. The number of urea groups is 1. The topological polar surface area (TPSA) is 77.4 Å². The Bertz CT molecular complexity index is 728. The van der Waals surface area contributed by atoms with E-state index in [1.165, 1.54) is 0 Å². The Morgan fingerprint density at radius 3 is 2.77 bits per heavy atom. The highest BCUT2D eigenvalue weighted by Crippen LogP contribution is 2.16. The number of aromatic nitrogens is 2. The van der Waals surface area contributed by atoms with E-state index in [1.807, 2.05) is 49.7 Å². The number of carbonyl (C=O) groups is 1. The highest BCUT2D eigenvalue weighted by Gasteiger charge is 2.13. The van der Waals surface area contributed by atoms with Crippen LogP contribution in [0.25, 0.3) is 0 Å². The Kier molecular flexibility index (Phi) is 7.62. The number of benzene rings is 1. The highest BCUT2D eigenvalue weighted by atomic mass is 16.5. The van der Waals surface area contributed by atoms with Gasteiger partial charge in [0.25, 0.3) is 0 Å². The summed E-state index contributed by atoms with van der Waals surface area (Å²) in [7, 11) is 1.67. The minimum absolute atomic E-state index is 0.252. The molecular formula is C19H28N4O3. The summed E-state index contributed by atoms with van der Waals surface area (Å²) in [6, 6.07) is 7.38. The first-order chi connectivity index (χ1) is 12.6. The van der Waals surface area contributed by atoms with E-state index in [2.05, 4.69) is 15.7 Å². The third-order valence-electron chi connectivity index (χ3n) is 4.19. The van der Waals surface area contributed by atoms with Gasteiger partial charge in [0.1, 0.15) is 0 Å². The van der Waals surface area contributed by atoms with Gasteiger partial charge in [-0.25, -0.2) is 4.79 Å². The molecule has 0 saturated carbocycles. The lowest BCUT2D eigenvalue weighted by atomic mass is 10.2. The summed E-state index contributed by atoms with van der Waals surface area (Å²) in [4.78, 5) is 12.3. The SMILES string of the molecule is CCOCc1ccccc1NC(=O)NCc1c(C)nn(CCOC)c1C. The van der Waals surface area contributed by atoms with Gasteiger partial charge in [0.05, 0.1) is 25.5 Å². The minimum Gasteiger partial charge on any atom is -0.383 e. The Labute approximate surface area is 154 Å². The van der Waals surface area contributed by atoms with Crippen LogP contribution in [0, 0.1) is 13.8 Å². The van der Waals surface area contributed by atoms with Gasteiger partial charge in [-0.05, 0) is 26.8 Å². The lowest BCUT2D eigenvalue weighted by Crippen LogP contribution is -2.29. The summed E-state index contributed by atoms with van der Waals surface area (Å²) in [6.07, 6.45) is 0. The monoisotopic (exact) mass is 360 g/mol. The Balaban J connectivity index is 1.96. The van der Waals surface area contributed by atoms with Crippen molar-refractivity contribution in [1.29, 1.82) is 0 Å². The average molecular weight is 360 g/mol. The quantitative estimate of drug-likeness (QED) is 0.721. The normalized spacial score (nSPS) is 10.8. The van der Waals surface area contributed by atoms with Crippen molar-refractivity contribution in [2.24, 2.45) is 0 Å². The summed E-state index contributed by atoms with van der Waals surface area (Å²) in [5.74, 6) is 0. The van der Waals surface area contributed by atoms with Crippen molar-refractivity contribution in [3.05, 3.63) is 46.8 Å². The zero-order valence-electron chi connectivity index (χ0n) is 16.0. The van der Waals surface area contributed by atoms with Crippen LogP contribution >= 0.6 is 0 Å². The van der Waals surface area contributed by atoms with Crippen molar-refractivity contribution in [2.75, 3.05) is 25.6 Å². The number of amides is 2. The largest absolute Gasteiger partial charge is 0.383 e. The molecule has 7 heteroatoms. The van der Waals surface area contributed by atoms with Crippen LogP contribution in [-0.4, -0.2) is 36.1 Å². The van der Waals surface area contributed by atoms with Crippen LogP contribution in [0.1, 0.15) is 29.4 Å². The van der Waals surface area contributed by atoms with Gasteiger partial charge in [-0.15, -0.1) is 0 Å². The van der Waals surface area contributed by atoms with E-state index in [0.29, 0.717) is 32.9 Å². The number of hydrogen-bond acceptors (Lipinski definition) is 4. The van der Waals surface area contributed by atoms with Crippen molar-refractivity contribution in [3.63, 3.8) is 0 Å². The van der Waals surface area contributed by atoms with Gasteiger partial charge in [-0.1, -0.05) is 18.2 Å². The number of carbonyl (C=O) groups excluding carboxylic acids is 1. The molecule has 2 amide bonds. The lowest BCUT2D eigenvalue weighted by molar-refractivity contribution is 0.134. The van der Waals surface area contributed by atoms with Gasteiger partial charge in [-0.3, -0.25) is 4.68 Å². The number of nitrogens with zero attached hydrogens (tertiary/aromatic N) is 2. The highest BCUT2D eigenvalue weighted by molar-refractivity contribution is 5.90. The molecule has 0 bridgehead atoms. The minimum atomic E-state index is -0.252. The predicted octanol–water partition coefficient (Wildman–Crippen LogP) is 3.00. The molecular weight excluding hydrogens is 332 g/mol. The second kappa shape index (κ2) is 9.94. The lowest BCUT2D eigenvalue weighted by Gasteiger charge is -2.12. The fraction of sp³-hybridized carbons (Fsp3) is 0.474. The molecule has 7 nitrogen and oxygen atoms in total. The number of ether oxygens (including phenoxy) is 2. The molecule has 1 aromatic carbocycles. The molecule has 0 unspecified atom stereocenters. The fourth-order valence-corrected chi connectivity index (χ4v) is 2.70. The first-order valence-corrected chi connectivity index (χ1v) is 8.79. The van der Waals surface area contributed by atoms with E-state index in [1.54, 1.807) is 7.11 Å². The van der Waals surface area contributed by atoms with Gasteiger partial charge in [0, 0.05) is 42.8 Å². The Morgan fingerprint density at radius 2 is 2.04 bits per heavy atom. The van der Waals surface area contributed by atoms with Gasteiger partial charge < -0.3 is 20.1 Å². The van der Waals surface area contributed by atoms with Crippen LogP contribution in [0.3, 0.4) is 0 Å². The van der Waals surface area contributed by atoms with Gasteiger partial charge in [0.15, 0.2) is 0 Å². The van der Waals surface area contributed by atoms with E-state index in [4.69, 9.17) is 9.47 Å². The molecule has 0 aliphatic rings. The smallest absolute Gasteiger partial charge is 0.319 e. The van der Waals surface area contributed by atoms with Crippen molar-refractivity contribution in [2.45, 2.75) is 40.5 Å². The summed E-state index contributed by atoms with van der Waals surface area (Å²) in [5, 5.41) is 10.3. The fourth-order valence-electron chi connectivity index (χ4n) is 2.70. The number of hydrogen-bond donors (Lipinski definition) is 2. The molecule has 0 fully saturated rings. The molecule has 1 heterocycles. The van der Waals surface area contributed by atoms with E-state index < -0.39 is 0 Å². The van der Waals surface area contributed by atoms with E-state index in [9.17, 15) is 4.79 Å². The average Bonchev–Trinajstić information content (AvgIpc) is 2.90. The first kappa shape index (κ1) is 19.9. The molecule has 2 N–H and O–H groups in total. The van der Waals surface area contributed by atoms with Crippen LogP contribution < -0.4 is 10.6 Å². The Morgan fingerprint density at radius 1 is 1.27 bits per heavy atom. The molecule has 142 valence electrons. The third-order valence-corrected chi connectivity index (χ3v) is 4.19. The van der Waals surface area contributed by atoms with E-state index >= 15 is 0 Å². The Hall–Kier alpha value is -2.38. The maximum Gasteiger partial charge on any atom is 0.319 e. The molecule has 1 aromatic heterocycles. The summed E-state index contributed by atoms with van der Waals surface area (Å²) < 4.78 is 12.5. The summed E-state index contributed by atoms with van der Waals surface area (Å²) in [5.41, 5.74) is 4.68. The standard InChI is InChI=1S/C19H28N4O3/c1-5-26-13-16-8-6-7-9-18(16)21-19(24)20-12-17-14(2)22-23(15(17)3)10-11-25-4/h6-9H,5,10-13H2,1-4H3,(H2,20,21,24). The van der Waals surface area contributed by atoms with Crippen molar-refractivity contribution >= 4 is 11.7 Å². The van der Waals surface area contributed by atoms with Crippen LogP contribution in [0.5, 0.6) is 0 Å². The van der Waals surface area contributed by atoms with Crippen LogP contribution in [0.2, 0.25) is 0 Å². The van der Waals surface area contributed by atoms with Crippen molar-refractivity contribution in [3.8, 4) is 0 Å². The maximum absolute atomic E-state index is 12.3.